The van der Waals surface area contributed by atoms with Crippen molar-refractivity contribution >= 4 is 13.7 Å². The van der Waals surface area contributed by atoms with Gasteiger partial charge in [-0.2, -0.15) is 0 Å². The first-order valence-electron chi connectivity index (χ1n) is 12.4. The minimum absolute atomic E-state index is 0.0754. The molecule has 8 nitrogen and oxygen atoms in total. The van der Waals surface area contributed by atoms with Crippen LogP contribution < -0.4 is 5.32 Å². The van der Waals surface area contributed by atoms with Crippen LogP contribution in [0.25, 0.3) is 0 Å². The van der Waals surface area contributed by atoms with Crippen molar-refractivity contribution in [3.05, 3.63) is 0 Å². The van der Waals surface area contributed by atoms with Crippen molar-refractivity contribution in [1.29, 1.82) is 0 Å². The van der Waals surface area contributed by atoms with Crippen LogP contribution in [-0.4, -0.2) is 73.4 Å². The molecule has 0 saturated carbocycles. The summed E-state index contributed by atoms with van der Waals surface area (Å²) in [4.78, 5) is 22.3. The Morgan fingerprint density at radius 2 is 1.50 bits per heavy atom. The summed E-state index contributed by atoms with van der Waals surface area (Å²) in [6.45, 7) is 4.64. The summed E-state index contributed by atoms with van der Waals surface area (Å²) in [6.07, 6.45) is 10.5. The third-order valence-electron chi connectivity index (χ3n) is 5.36. The van der Waals surface area contributed by atoms with Gasteiger partial charge in [0.2, 0.25) is 5.91 Å². The van der Waals surface area contributed by atoms with Gasteiger partial charge in [0.15, 0.2) is 0 Å². The lowest BCUT2D eigenvalue weighted by molar-refractivity contribution is -0.870. The number of carbonyl (C=O) groups excluding carboxylic acids is 1. The second-order valence-corrected chi connectivity index (χ2v) is 11.2. The number of unbranched alkanes of at least 4 members (excludes halogenated alkanes) is 8. The van der Waals surface area contributed by atoms with E-state index in [4.69, 9.17) is 9.05 Å². The Morgan fingerprint density at radius 3 is 2.09 bits per heavy atom. The van der Waals surface area contributed by atoms with E-state index >= 15 is 0 Å². The number of quaternary nitrogens is 1. The normalized spacial score (nSPS) is 15.8. The second kappa shape index (κ2) is 17.9. The lowest BCUT2D eigenvalue weighted by atomic mass is 10.0. The molecule has 3 atom stereocenters. The molecule has 0 aliphatic heterocycles. The molecule has 3 N–H and O–H groups in total. The van der Waals surface area contributed by atoms with Crippen LogP contribution in [-0.2, 0) is 18.4 Å². The smallest absolute Gasteiger partial charge is 0.391 e. The van der Waals surface area contributed by atoms with Gasteiger partial charge < -0.3 is 19.8 Å². The number of carbonyl (C=O) groups is 1. The predicted molar refractivity (Wildman–Crippen MR) is 129 cm³/mol. The van der Waals surface area contributed by atoms with E-state index in [1.54, 1.807) is 0 Å². The highest BCUT2D eigenvalue weighted by Crippen LogP contribution is 2.43. The number of amides is 1. The van der Waals surface area contributed by atoms with Gasteiger partial charge in [-0.25, -0.2) is 4.57 Å². The Hall–Kier alpha value is -0.500. The lowest BCUT2D eigenvalue weighted by Gasteiger charge is -2.26. The molecular weight excluding hydrogens is 431 g/mol. The number of phosphoric acid groups is 1. The van der Waals surface area contributed by atoms with Crippen molar-refractivity contribution in [3.63, 3.8) is 0 Å². The number of nitrogens with one attached hydrogen (secondary N) is 1. The Labute approximate surface area is 196 Å². The molecule has 1 unspecified atom stereocenters. The first-order valence-corrected chi connectivity index (χ1v) is 13.9. The van der Waals surface area contributed by atoms with Gasteiger partial charge in [0.1, 0.15) is 13.2 Å². The maximum Gasteiger partial charge on any atom is 0.472 e. The van der Waals surface area contributed by atoms with Gasteiger partial charge in [0.25, 0.3) is 0 Å². The van der Waals surface area contributed by atoms with Crippen molar-refractivity contribution in [2.75, 3.05) is 40.9 Å². The molecule has 0 aromatic carbocycles. The topological polar surface area (TPSA) is 105 Å². The largest absolute Gasteiger partial charge is 0.472 e. The standard InChI is InChI=1S/C23H49N2O6P/c1-6-8-10-12-13-14-16-22(26)21(24-23(27)17-15-11-9-7-2)20-31-32(28,29)30-19-18-25(3,4)5/h21-22,26H,6-20H2,1-5H3,(H-,24,27,28,29)/p+1/t21-,22+/m0/s1. The molecule has 0 saturated heterocycles. The zero-order chi connectivity index (χ0) is 24.5. The Kier molecular flexibility index (Phi) is 17.6. The monoisotopic (exact) mass is 481 g/mol. The zero-order valence-electron chi connectivity index (χ0n) is 21.2. The Bertz CT molecular complexity index is 527. The van der Waals surface area contributed by atoms with Crippen molar-refractivity contribution in [2.45, 2.75) is 103 Å². The molecule has 32 heavy (non-hydrogen) atoms. The molecule has 0 fully saturated rings. The molecule has 0 aliphatic rings. The highest BCUT2D eigenvalue weighted by molar-refractivity contribution is 7.47. The summed E-state index contributed by atoms with van der Waals surface area (Å²) < 4.78 is 23.0. The molecule has 0 radical (unpaired) electrons. The van der Waals surface area contributed by atoms with E-state index in [9.17, 15) is 19.4 Å². The molecule has 1 amide bonds. The number of aliphatic hydroxyl groups is 1. The van der Waals surface area contributed by atoms with E-state index in [0.717, 1.165) is 44.9 Å². The van der Waals surface area contributed by atoms with Crippen LogP contribution >= 0.6 is 7.82 Å². The van der Waals surface area contributed by atoms with Crippen LogP contribution in [0.5, 0.6) is 0 Å². The molecule has 0 rings (SSSR count). The quantitative estimate of drug-likeness (QED) is 0.128. The number of rotatable bonds is 21. The molecule has 192 valence electrons. The summed E-state index contributed by atoms with van der Waals surface area (Å²) in [5.74, 6) is -0.171. The summed E-state index contributed by atoms with van der Waals surface area (Å²) in [5.41, 5.74) is 0. The third kappa shape index (κ3) is 19.0. The molecule has 0 aromatic rings. The minimum Gasteiger partial charge on any atom is -0.391 e. The molecule has 0 bridgehead atoms. The van der Waals surface area contributed by atoms with E-state index in [0.29, 0.717) is 23.9 Å². The van der Waals surface area contributed by atoms with Crippen molar-refractivity contribution in [1.82, 2.24) is 5.32 Å². The number of nitrogens with zero attached hydrogens (tertiary/aromatic N) is 1. The summed E-state index contributed by atoms with van der Waals surface area (Å²) in [7, 11) is 1.60. The van der Waals surface area contributed by atoms with Crippen LogP contribution in [0.1, 0.15) is 90.9 Å². The minimum atomic E-state index is -4.26. The van der Waals surface area contributed by atoms with Gasteiger partial charge >= 0.3 is 7.82 Å². The molecule has 0 aromatic heterocycles. The molecule has 0 spiro atoms. The van der Waals surface area contributed by atoms with E-state index < -0.39 is 20.0 Å². The maximum atomic E-state index is 12.3. The van der Waals surface area contributed by atoms with Gasteiger partial charge in [0, 0.05) is 6.42 Å². The Balaban J connectivity index is 4.67. The fourth-order valence-electron chi connectivity index (χ4n) is 3.22. The Morgan fingerprint density at radius 1 is 0.938 bits per heavy atom. The maximum absolute atomic E-state index is 12.3. The number of phosphoric ester groups is 1. The second-order valence-electron chi connectivity index (χ2n) is 9.72. The van der Waals surface area contributed by atoms with Crippen LogP contribution in [0.4, 0.5) is 0 Å². The predicted octanol–water partition coefficient (Wildman–Crippen LogP) is 4.39. The van der Waals surface area contributed by atoms with Gasteiger partial charge in [-0.05, 0) is 12.8 Å². The summed E-state index contributed by atoms with van der Waals surface area (Å²) >= 11 is 0. The number of hydrogen-bond acceptors (Lipinski definition) is 5. The van der Waals surface area contributed by atoms with Gasteiger partial charge in [-0.1, -0.05) is 71.6 Å². The van der Waals surface area contributed by atoms with Gasteiger partial charge in [-0.3, -0.25) is 13.8 Å². The van der Waals surface area contributed by atoms with Crippen molar-refractivity contribution in [3.8, 4) is 0 Å². The highest BCUT2D eigenvalue weighted by Gasteiger charge is 2.28. The van der Waals surface area contributed by atoms with Crippen LogP contribution in [0.15, 0.2) is 0 Å². The van der Waals surface area contributed by atoms with Gasteiger partial charge in [0.05, 0.1) is 39.9 Å². The number of hydrogen-bond donors (Lipinski definition) is 3. The first kappa shape index (κ1) is 31.5. The van der Waals surface area contributed by atoms with E-state index in [1.165, 1.54) is 19.3 Å². The van der Waals surface area contributed by atoms with Crippen LogP contribution in [0.3, 0.4) is 0 Å². The zero-order valence-corrected chi connectivity index (χ0v) is 22.1. The molecule has 0 heterocycles. The number of likely N-dealkylation sites (N-methyl/N-ethyl adjacent to an activating group) is 1. The molecule has 9 heteroatoms. The van der Waals surface area contributed by atoms with E-state index in [1.807, 2.05) is 21.1 Å². The van der Waals surface area contributed by atoms with Gasteiger partial charge in [-0.15, -0.1) is 0 Å². The lowest BCUT2D eigenvalue weighted by Crippen LogP contribution is -2.46. The third-order valence-corrected chi connectivity index (χ3v) is 6.34. The van der Waals surface area contributed by atoms with E-state index in [2.05, 4.69) is 19.2 Å². The van der Waals surface area contributed by atoms with Crippen LogP contribution in [0.2, 0.25) is 0 Å². The fourth-order valence-corrected chi connectivity index (χ4v) is 3.95. The summed E-state index contributed by atoms with van der Waals surface area (Å²) in [5, 5.41) is 13.4. The summed E-state index contributed by atoms with van der Waals surface area (Å²) in [6, 6.07) is -0.744. The number of aliphatic hydroxyl groups excluding tert-OH is 1. The average molecular weight is 482 g/mol. The highest BCUT2D eigenvalue weighted by atomic mass is 31.2. The first-order chi connectivity index (χ1) is 15.0. The molecule has 0 aliphatic carbocycles. The SMILES string of the molecule is CCCCCCCC[C@@H](O)[C@H](COP(=O)(O)OCC[N+](C)(C)C)NC(=O)CCCCCC. The van der Waals surface area contributed by atoms with Crippen LogP contribution in [0, 0.1) is 0 Å². The van der Waals surface area contributed by atoms with Crippen molar-refractivity contribution in [2.24, 2.45) is 0 Å². The van der Waals surface area contributed by atoms with Crippen molar-refractivity contribution < 1.29 is 32.9 Å². The molecular formula is C23H50N2O6P+. The van der Waals surface area contributed by atoms with E-state index in [-0.39, 0.29) is 19.1 Å². The average Bonchev–Trinajstić information content (AvgIpc) is 2.69. The fraction of sp³-hybridized carbons (Fsp3) is 0.957.